The maximum atomic E-state index is 15.3. The van der Waals surface area contributed by atoms with Crippen LogP contribution in [0.2, 0.25) is 0 Å². The van der Waals surface area contributed by atoms with Gasteiger partial charge in [-0.1, -0.05) is 32.9 Å². The van der Waals surface area contributed by atoms with Crippen LogP contribution in [0.3, 0.4) is 0 Å². The van der Waals surface area contributed by atoms with Gasteiger partial charge in [0.2, 0.25) is 0 Å². The summed E-state index contributed by atoms with van der Waals surface area (Å²) in [5.41, 5.74) is -0.491. The van der Waals surface area contributed by atoms with E-state index >= 15 is 4.39 Å². The number of aliphatic hydroxyl groups excluding tert-OH is 1. The molecule has 0 aliphatic heterocycles. The van der Waals surface area contributed by atoms with E-state index in [4.69, 9.17) is 0 Å². The molecule has 0 bridgehead atoms. The second kappa shape index (κ2) is 8.32. The van der Waals surface area contributed by atoms with Crippen LogP contribution in [0.1, 0.15) is 44.6 Å². The molecule has 0 spiro atoms. The van der Waals surface area contributed by atoms with Crippen LogP contribution < -0.4 is 11.2 Å². The molecule has 7 nitrogen and oxygen atoms in total. The first kappa shape index (κ1) is 23.6. The number of nitrogens with zero attached hydrogens (tertiary/aromatic N) is 4. The third kappa shape index (κ3) is 3.66. The largest absolute Gasteiger partial charge is 0.388 e. The Morgan fingerprint density at radius 1 is 1.06 bits per heavy atom. The van der Waals surface area contributed by atoms with Crippen LogP contribution in [0.4, 0.5) is 8.78 Å². The smallest absolute Gasteiger partial charge is 0.350 e. The summed E-state index contributed by atoms with van der Waals surface area (Å²) in [4.78, 5) is 26.2. The Balaban J connectivity index is 2.11. The van der Waals surface area contributed by atoms with Crippen molar-refractivity contribution in [3.63, 3.8) is 0 Å². The molecule has 4 aromatic rings. The highest BCUT2D eigenvalue weighted by atomic mass is 19.1. The molecule has 0 saturated heterocycles. The fraction of sp³-hybridized carbons (Fsp3) is 0.320. The Morgan fingerprint density at radius 3 is 2.32 bits per heavy atom. The number of hydrogen-bond acceptors (Lipinski definition) is 4. The highest BCUT2D eigenvalue weighted by molar-refractivity contribution is 5.88. The topological polar surface area (TPSA) is 82.0 Å². The van der Waals surface area contributed by atoms with E-state index in [9.17, 15) is 19.1 Å². The molecule has 2 heterocycles. The molecule has 0 aliphatic rings. The quantitative estimate of drug-likeness (QED) is 0.495. The lowest BCUT2D eigenvalue weighted by atomic mass is 9.84. The van der Waals surface area contributed by atoms with Gasteiger partial charge in [0.05, 0.1) is 11.1 Å². The van der Waals surface area contributed by atoms with Gasteiger partial charge in [0, 0.05) is 12.7 Å². The average Bonchev–Trinajstić information content (AvgIpc) is 3.09. The van der Waals surface area contributed by atoms with Crippen LogP contribution in [0.15, 0.2) is 46.1 Å². The van der Waals surface area contributed by atoms with Gasteiger partial charge in [-0.2, -0.15) is 4.68 Å². The molecule has 0 amide bonds. The minimum atomic E-state index is -0.834. The normalized spacial score (nSPS) is 12.0. The Kier molecular flexibility index (Phi) is 5.77. The summed E-state index contributed by atoms with van der Waals surface area (Å²) in [6, 6.07) is 7.01. The summed E-state index contributed by atoms with van der Waals surface area (Å²) in [6.45, 7) is 8.97. The average molecular weight is 469 g/mol. The number of pyridine rings is 1. The monoisotopic (exact) mass is 468 g/mol. The van der Waals surface area contributed by atoms with Gasteiger partial charge >= 0.3 is 5.69 Å². The van der Waals surface area contributed by atoms with Crippen molar-refractivity contribution in [1.82, 2.24) is 18.9 Å². The Labute approximate surface area is 194 Å². The van der Waals surface area contributed by atoms with Crippen LogP contribution in [0.25, 0.3) is 22.1 Å². The van der Waals surface area contributed by atoms with Crippen molar-refractivity contribution in [3.05, 3.63) is 86.0 Å². The highest BCUT2D eigenvalue weighted by Gasteiger charge is 2.25. The summed E-state index contributed by atoms with van der Waals surface area (Å²) in [5.74, 6) is -1.29. The number of rotatable bonds is 4. The summed E-state index contributed by atoms with van der Waals surface area (Å²) in [7, 11) is 0. The minimum Gasteiger partial charge on any atom is -0.388 e. The molecule has 1 N–H and O–H groups in total. The van der Waals surface area contributed by atoms with Gasteiger partial charge in [0.1, 0.15) is 23.9 Å². The zero-order valence-corrected chi connectivity index (χ0v) is 19.7. The van der Waals surface area contributed by atoms with E-state index in [0.717, 1.165) is 10.7 Å². The van der Waals surface area contributed by atoms with E-state index in [1.165, 1.54) is 21.3 Å². The van der Waals surface area contributed by atoms with Crippen LogP contribution in [-0.4, -0.2) is 24.0 Å². The number of fused-ring (bicyclic) bond motifs is 1. The fourth-order valence-electron chi connectivity index (χ4n) is 4.23. The van der Waals surface area contributed by atoms with Crippen LogP contribution >= 0.6 is 0 Å². The summed E-state index contributed by atoms with van der Waals surface area (Å²) in [6.07, 6.45) is 1.57. The molecule has 0 atom stereocenters. The van der Waals surface area contributed by atoms with Crippen LogP contribution in [0, 0.1) is 18.6 Å². The number of benzene rings is 2. The SMILES string of the molecule is CCn1c(CO)nn(-c2cc3c(C(C)(C)C)cn(-c4c(C)cccc4F)c(=O)c3cc2F)c1=O. The van der Waals surface area contributed by atoms with Gasteiger partial charge in [0.15, 0.2) is 5.82 Å². The third-order valence-electron chi connectivity index (χ3n) is 5.95. The first-order valence-corrected chi connectivity index (χ1v) is 10.9. The van der Waals surface area contributed by atoms with Gasteiger partial charge in [-0.05, 0) is 54.0 Å². The number of para-hydroxylation sites is 1. The van der Waals surface area contributed by atoms with Gasteiger partial charge < -0.3 is 5.11 Å². The lowest BCUT2D eigenvalue weighted by Gasteiger charge is -2.24. The Hall–Kier alpha value is -3.59. The van der Waals surface area contributed by atoms with E-state index in [1.54, 1.807) is 32.2 Å². The molecular weight excluding hydrogens is 442 g/mol. The molecule has 0 aliphatic carbocycles. The predicted molar refractivity (Wildman–Crippen MR) is 126 cm³/mol. The molecule has 2 aromatic heterocycles. The lowest BCUT2D eigenvalue weighted by Crippen LogP contribution is -2.26. The van der Waals surface area contributed by atoms with Gasteiger partial charge in [-0.15, -0.1) is 5.10 Å². The van der Waals surface area contributed by atoms with Crippen LogP contribution in [0.5, 0.6) is 0 Å². The summed E-state index contributed by atoms with van der Waals surface area (Å²) in [5, 5.41) is 14.1. The standard InChI is InChI=1S/C25H26F2N4O3/c1-6-29-21(13-32)28-31(24(29)34)20-11-15-16(10-19(20)27)23(33)30(12-17(15)25(3,4)5)22-14(2)8-7-9-18(22)26/h7-12,32H,6,13H2,1-5H3. The first-order chi connectivity index (χ1) is 16.0. The van der Waals surface area contributed by atoms with Crippen molar-refractivity contribution >= 4 is 10.8 Å². The number of aryl methyl sites for hydroxylation is 1. The molecule has 34 heavy (non-hydrogen) atoms. The highest BCUT2D eigenvalue weighted by Crippen LogP contribution is 2.32. The van der Waals surface area contributed by atoms with Crippen molar-refractivity contribution in [1.29, 1.82) is 0 Å². The van der Waals surface area contributed by atoms with Gasteiger partial charge in [-0.3, -0.25) is 13.9 Å². The van der Waals surface area contributed by atoms with E-state index in [2.05, 4.69) is 5.10 Å². The molecule has 4 rings (SSSR count). The molecular formula is C25H26F2N4O3. The number of halogens is 2. The number of aromatic nitrogens is 4. The summed E-state index contributed by atoms with van der Waals surface area (Å²) >= 11 is 0. The van der Waals surface area contributed by atoms with Crippen molar-refractivity contribution < 1.29 is 13.9 Å². The molecule has 0 radical (unpaired) electrons. The molecule has 9 heteroatoms. The van der Waals surface area contributed by atoms with Crippen LogP contribution in [-0.2, 0) is 18.6 Å². The van der Waals surface area contributed by atoms with E-state index < -0.39 is 34.9 Å². The number of hydrogen-bond donors (Lipinski definition) is 1. The number of aliphatic hydroxyl groups is 1. The maximum absolute atomic E-state index is 15.3. The fourth-order valence-corrected chi connectivity index (χ4v) is 4.23. The molecule has 0 unspecified atom stereocenters. The van der Waals surface area contributed by atoms with Crippen molar-refractivity contribution in [2.45, 2.75) is 53.2 Å². The third-order valence-corrected chi connectivity index (χ3v) is 5.95. The van der Waals surface area contributed by atoms with E-state index in [-0.39, 0.29) is 29.1 Å². The van der Waals surface area contributed by atoms with Gasteiger partial charge in [0.25, 0.3) is 5.56 Å². The lowest BCUT2D eigenvalue weighted by molar-refractivity contribution is 0.264. The first-order valence-electron chi connectivity index (χ1n) is 10.9. The predicted octanol–water partition coefficient (Wildman–Crippen LogP) is 3.73. The van der Waals surface area contributed by atoms with E-state index in [1.807, 2.05) is 20.8 Å². The zero-order valence-electron chi connectivity index (χ0n) is 19.7. The Morgan fingerprint density at radius 2 is 1.76 bits per heavy atom. The van der Waals surface area contributed by atoms with Crippen molar-refractivity contribution in [2.75, 3.05) is 0 Å². The molecule has 0 saturated carbocycles. The molecule has 178 valence electrons. The van der Waals surface area contributed by atoms with Crippen molar-refractivity contribution in [2.24, 2.45) is 0 Å². The second-order valence-corrected chi connectivity index (χ2v) is 9.24. The van der Waals surface area contributed by atoms with Gasteiger partial charge in [-0.25, -0.2) is 13.6 Å². The van der Waals surface area contributed by atoms with E-state index in [0.29, 0.717) is 16.5 Å². The second-order valence-electron chi connectivity index (χ2n) is 9.24. The van der Waals surface area contributed by atoms with Crippen molar-refractivity contribution in [3.8, 4) is 11.4 Å². The Bertz CT molecular complexity index is 1520. The summed E-state index contributed by atoms with van der Waals surface area (Å²) < 4.78 is 33.5. The molecule has 2 aromatic carbocycles. The minimum absolute atomic E-state index is 0.0571. The molecule has 0 fully saturated rings. The zero-order chi connectivity index (χ0) is 24.9. The maximum Gasteiger partial charge on any atom is 0.350 e.